The number of fused-ring (bicyclic) bond motifs is 1. The van der Waals surface area contributed by atoms with Crippen LogP contribution in [0.1, 0.15) is 41.9 Å². The SMILES string of the molecule is Cc1noc(=O)c2ccc(C(=O)C(O)(CC(C)(C)c3cccc(F)c3Cl)C(F)(F)F)c(N)c12. The topological polar surface area (TPSA) is 106 Å². The number of hydrogen-bond acceptors (Lipinski definition) is 6. The Labute approximate surface area is 189 Å². The minimum atomic E-state index is -5.43. The highest BCUT2D eigenvalue weighted by atomic mass is 35.5. The number of alkyl halides is 3. The Morgan fingerprint density at radius 3 is 2.45 bits per heavy atom. The largest absolute Gasteiger partial charge is 0.424 e. The molecule has 33 heavy (non-hydrogen) atoms. The molecular formula is C22H19ClF4N2O4. The third kappa shape index (κ3) is 4.08. The van der Waals surface area contributed by atoms with Gasteiger partial charge in [-0.3, -0.25) is 4.79 Å². The van der Waals surface area contributed by atoms with Gasteiger partial charge in [-0.1, -0.05) is 42.7 Å². The molecule has 2 aromatic carbocycles. The molecule has 0 saturated carbocycles. The molecule has 0 amide bonds. The zero-order chi connectivity index (χ0) is 24.9. The van der Waals surface area contributed by atoms with Gasteiger partial charge in [-0.15, -0.1) is 0 Å². The molecule has 1 aromatic heterocycles. The van der Waals surface area contributed by atoms with Crippen LogP contribution in [-0.4, -0.2) is 27.8 Å². The summed E-state index contributed by atoms with van der Waals surface area (Å²) < 4.78 is 61.0. The Balaban J connectivity index is 2.18. The molecule has 3 aromatic rings. The number of anilines is 1. The van der Waals surface area contributed by atoms with Crippen LogP contribution in [0.4, 0.5) is 23.2 Å². The number of benzene rings is 2. The van der Waals surface area contributed by atoms with E-state index in [0.29, 0.717) is 0 Å². The molecule has 3 N–H and O–H groups in total. The molecule has 1 unspecified atom stereocenters. The second-order valence-corrected chi connectivity index (χ2v) is 8.73. The van der Waals surface area contributed by atoms with Crippen LogP contribution < -0.4 is 11.4 Å². The van der Waals surface area contributed by atoms with Gasteiger partial charge in [0.25, 0.3) is 0 Å². The van der Waals surface area contributed by atoms with Gasteiger partial charge in [0.1, 0.15) is 5.82 Å². The van der Waals surface area contributed by atoms with Gasteiger partial charge in [-0.05, 0) is 36.1 Å². The van der Waals surface area contributed by atoms with E-state index in [9.17, 15) is 32.3 Å². The molecule has 1 heterocycles. The fourth-order valence-electron chi connectivity index (χ4n) is 3.88. The Hall–Kier alpha value is -2.98. The van der Waals surface area contributed by atoms with Gasteiger partial charge >= 0.3 is 11.8 Å². The van der Waals surface area contributed by atoms with Crippen molar-refractivity contribution >= 4 is 33.8 Å². The molecule has 176 valence electrons. The van der Waals surface area contributed by atoms with Crippen LogP contribution in [0.3, 0.4) is 0 Å². The third-order valence-electron chi connectivity index (χ3n) is 5.56. The Morgan fingerprint density at radius 1 is 1.21 bits per heavy atom. The molecule has 6 nitrogen and oxygen atoms in total. The highest BCUT2D eigenvalue weighted by Gasteiger charge is 2.61. The molecule has 0 bridgehead atoms. The van der Waals surface area contributed by atoms with Crippen molar-refractivity contribution in [1.82, 2.24) is 5.16 Å². The number of nitrogens with two attached hydrogens (primary N) is 1. The summed E-state index contributed by atoms with van der Waals surface area (Å²) in [5.41, 5.74) is -1.51. The van der Waals surface area contributed by atoms with Crippen molar-refractivity contribution in [2.75, 3.05) is 5.73 Å². The van der Waals surface area contributed by atoms with Gasteiger partial charge in [-0.2, -0.15) is 13.2 Å². The first-order chi connectivity index (χ1) is 15.1. The molecule has 0 aliphatic rings. The number of nitrogens with zero attached hydrogens (tertiary/aromatic N) is 1. The van der Waals surface area contributed by atoms with E-state index in [-0.39, 0.29) is 22.0 Å². The van der Waals surface area contributed by atoms with Crippen molar-refractivity contribution in [1.29, 1.82) is 0 Å². The normalized spacial score (nSPS) is 14.3. The average Bonchev–Trinajstić information content (AvgIpc) is 2.71. The number of aryl methyl sites for hydroxylation is 1. The molecule has 0 aliphatic carbocycles. The number of aromatic nitrogens is 1. The van der Waals surface area contributed by atoms with E-state index >= 15 is 0 Å². The molecular weight excluding hydrogens is 468 g/mol. The van der Waals surface area contributed by atoms with E-state index < -0.39 is 57.1 Å². The monoisotopic (exact) mass is 486 g/mol. The molecule has 3 rings (SSSR count). The summed E-state index contributed by atoms with van der Waals surface area (Å²) >= 11 is 5.95. The van der Waals surface area contributed by atoms with Gasteiger partial charge in [-0.25, -0.2) is 9.18 Å². The number of Topliss-reactive ketones (excluding diaryl/α,β-unsaturated/α-hetero) is 1. The number of rotatable bonds is 5. The molecule has 11 heteroatoms. The summed E-state index contributed by atoms with van der Waals surface area (Å²) in [5.74, 6) is -2.59. The number of hydrogen-bond donors (Lipinski definition) is 2. The number of ketones is 1. The van der Waals surface area contributed by atoms with E-state index in [1.807, 2.05) is 0 Å². The number of carbonyl (C=O) groups is 1. The lowest BCUT2D eigenvalue weighted by Gasteiger charge is -2.37. The summed E-state index contributed by atoms with van der Waals surface area (Å²) in [6.07, 6.45) is -6.61. The Morgan fingerprint density at radius 2 is 1.85 bits per heavy atom. The summed E-state index contributed by atoms with van der Waals surface area (Å²) in [6.45, 7) is 3.97. The van der Waals surface area contributed by atoms with Crippen LogP contribution in [-0.2, 0) is 5.41 Å². The van der Waals surface area contributed by atoms with Crippen LogP contribution in [0, 0.1) is 12.7 Å². The minimum absolute atomic E-state index is 0.0243. The number of nitrogen functional groups attached to an aromatic ring is 1. The van der Waals surface area contributed by atoms with E-state index in [2.05, 4.69) is 9.68 Å². The summed E-state index contributed by atoms with van der Waals surface area (Å²) in [4.78, 5) is 25.0. The Bertz CT molecular complexity index is 1320. The molecule has 0 aliphatic heterocycles. The lowest BCUT2D eigenvalue weighted by molar-refractivity contribution is -0.242. The lowest BCUT2D eigenvalue weighted by Crippen LogP contribution is -2.55. The summed E-state index contributed by atoms with van der Waals surface area (Å²) in [7, 11) is 0. The average molecular weight is 487 g/mol. The fraction of sp³-hybridized carbons (Fsp3) is 0.318. The minimum Gasteiger partial charge on any atom is -0.398 e. The first kappa shape index (κ1) is 24.7. The second-order valence-electron chi connectivity index (χ2n) is 8.35. The van der Waals surface area contributed by atoms with Crippen molar-refractivity contribution in [2.45, 2.75) is 44.4 Å². The highest BCUT2D eigenvalue weighted by Crippen LogP contribution is 2.45. The maximum absolute atomic E-state index is 14.2. The zero-order valence-corrected chi connectivity index (χ0v) is 18.4. The maximum Gasteiger partial charge on any atom is 0.424 e. The first-order valence-corrected chi connectivity index (χ1v) is 9.97. The smallest absolute Gasteiger partial charge is 0.398 e. The lowest BCUT2D eigenvalue weighted by atomic mass is 9.72. The van der Waals surface area contributed by atoms with Crippen LogP contribution in [0.15, 0.2) is 39.6 Å². The van der Waals surface area contributed by atoms with Gasteiger partial charge in [0.2, 0.25) is 11.4 Å². The van der Waals surface area contributed by atoms with Gasteiger partial charge < -0.3 is 15.4 Å². The van der Waals surface area contributed by atoms with Gasteiger partial charge in [0, 0.05) is 17.4 Å². The fourth-order valence-corrected chi connectivity index (χ4v) is 4.26. The molecule has 0 saturated heterocycles. The number of halogens is 5. The Kier molecular flexibility index (Phi) is 6.06. The van der Waals surface area contributed by atoms with Crippen molar-refractivity contribution in [3.05, 3.63) is 68.4 Å². The van der Waals surface area contributed by atoms with Crippen LogP contribution in [0.2, 0.25) is 5.02 Å². The molecule has 0 spiro atoms. The molecule has 0 fully saturated rings. The predicted molar refractivity (Wildman–Crippen MR) is 114 cm³/mol. The molecule has 0 radical (unpaired) electrons. The predicted octanol–water partition coefficient (Wildman–Crippen LogP) is 4.72. The van der Waals surface area contributed by atoms with Crippen molar-refractivity contribution < 1.29 is 32.0 Å². The van der Waals surface area contributed by atoms with E-state index in [4.69, 9.17) is 17.3 Å². The first-order valence-electron chi connectivity index (χ1n) is 9.59. The summed E-state index contributed by atoms with van der Waals surface area (Å²) in [5, 5.41) is 13.7. The summed E-state index contributed by atoms with van der Waals surface area (Å²) in [6, 6.07) is 5.59. The standard InChI is InChI=1S/C22H19ClF4N2O4/c1-10-15-11(19(31)33-29-10)7-8-12(17(15)28)18(30)21(32,22(25,26)27)9-20(2,3)13-5-4-6-14(24)16(13)23/h4-8,32H,9,28H2,1-3H3. The van der Waals surface area contributed by atoms with Crippen LogP contribution >= 0.6 is 11.6 Å². The van der Waals surface area contributed by atoms with Crippen LogP contribution in [0.25, 0.3) is 10.8 Å². The number of aliphatic hydroxyl groups is 1. The quantitative estimate of drug-likeness (QED) is 0.307. The van der Waals surface area contributed by atoms with E-state index in [1.54, 1.807) is 0 Å². The van der Waals surface area contributed by atoms with Gasteiger partial charge in [0.15, 0.2) is 0 Å². The second kappa shape index (κ2) is 8.11. The van der Waals surface area contributed by atoms with Crippen LogP contribution in [0.5, 0.6) is 0 Å². The number of carbonyl (C=O) groups excluding carboxylic acids is 1. The van der Waals surface area contributed by atoms with Crippen molar-refractivity contribution in [2.24, 2.45) is 0 Å². The highest BCUT2D eigenvalue weighted by molar-refractivity contribution is 6.31. The van der Waals surface area contributed by atoms with E-state index in [0.717, 1.165) is 18.2 Å². The van der Waals surface area contributed by atoms with Crippen molar-refractivity contribution in [3.63, 3.8) is 0 Å². The molecule has 1 atom stereocenters. The van der Waals surface area contributed by atoms with Gasteiger partial charge in [0.05, 0.1) is 21.8 Å². The maximum atomic E-state index is 14.2. The van der Waals surface area contributed by atoms with Crippen molar-refractivity contribution in [3.8, 4) is 0 Å². The van der Waals surface area contributed by atoms with E-state index in [1.165, 1.54) is 32.9 Å². The third-order valence-corrected chi connectivity index (χ3v) is 5.94. The zero-order valence-electron chi connectivity index (χ0n) is 17.7.